The van der Waals surface area contributed by atoms with Crippen molar-refractivity contribution in [3.63, 3.8) is 0 Å². The van der Waals surface area contributed by atoms with Crippen molar-refractivity contribution in [2.24, 2.45) is 5.92 Å². The smallest absolute Gasteiger partial charge is 0.257 e. The van der Waals surface area contributed by atoms with E-state index in [-0.39, 0.29) is 24.3 Å². The van der Waals surface area contributed by atoms with Gasteiger partial charge >= 0.3 is 0 Å². The Labute approximate surface area is 171 Å². The number of nitrogens with one attached hydrogen (secondary N) is 2. The standard InChI is InChI=1S/C23H27N3O3/c27-22(24-11-13-26-12-10-17-4-1-2-5-19(17)15-26)16-29-21-7-3-6-20(14-21)25-23(28)18-8-9-18/h1-7,14,18H,8-13,15-16H2,(H,24,27)(H,25,28). The Balaban J connectivity index is 1.16. The number of amides is 2. The number of carbonyl (C=O) groups excluding carboxylic acids is 2. The Morgan fingerprint density at radius 3 is 2.72 bits per heavy atom. The summed E-state index contributed by atoms with van der Waals surface area (Å²) in [6, 6.07) is 15.7. The van der Waals surface area contributed by atoms with Gasteiger partial charge < -0.3 is 15.4 Å². The first-order valence-electron chi connectivity index (χ1n) is 10.3. The number of hydrogen-bond acceptors (Lipinski definition) is 4. The lowest BCUT2D eigenvalue weighted by Crippen LogP contribution is -2.39. The summed E-state index contributed by atoms with van der Waals surface area (Å²) in [6.07, 6.45) is 2.99. The van der Waals surface area contributed by atoms with Crippen LogP contribution in [0, 0.1) is 5.92 Å². The van der Waals surface area contributed by atoms with E-state index in [4.69, 9.17) is 4.74 Å². The quantitative estimate of drug-likeness (QED) is 0.723. The highest BCUT2D eigenvalue weighted by molar-refractivity contribution is 5.94. The average Bonchev–Trinajstić information content (AvgIpc) is 3.58. The zero-order chi connectivity index (χ0) is 20.1. The van der Waals surface area contributed by atoms with E-state index in [1.807, 2.05) is 12.1 Å². The highest BCUT2D eigenvalue weighted by atomic mass is 16.5. The molecule has 6 nitrogen and oxygen atoms in total. The largest absolute Gasteiger partial charge is 0.484 e. The predicted octanol–water partition coefficient (Wildman–Crippen LogP) is 2.59. The van der Waals surface area contributed by atoms with Crippen LogP contribution in [0.4, 0.5) is 5.69 Å². The molecular weight excluding hydrogens is 366 g/mol. The fourth-order valence-corrected chi connectivity index (χ4v) is 3.55. The molecule has 2 amide bonds. The number of ether oxygens (including phenoxy) is 1. The van der Waals surface area contributed by atoms with Gasteiger partial charge in [0.2, 0.25) is 5.91 Å². The van der Waals surface area contributed by atoms with Crippen LogP contribution >= 0.6 is 0 Å². The van der Waals surface area contributed by atoms with Gasteiger partial charge in [-0.05, 0) is 42.5 Å². The second kappa shape index (κ2) is 9.09. The van der Waals surface area contributed by atoms with Crippen LogP contribution in [-0.2, 0) is 22.6 Å². The summed E-state index contributed by atoms with van der Waals surface area (Å²) in [5.41, 5.74) is 3.50. The van der Waals surface area contributed by atoms with Crippen molar-refractivity contribution in [3.05, 3.63) is 59.7 Å². The molecule has 0 saturated heterocycles. The number of anilines is 1. The summed E-state index contributed by atoms with van der Waals surface area (Å²) in [7, 11) is 0. The maximum Gasteiger partial charge on any atom is 0.257 e. The van der Waals surface area contributed by atoms with E-state index in [2.05, 4.69) is 39.8 Å². The highest BCUT2D eigenvalue weighted by Gasteiger charge is 2.29. The van der Waals surface area contributed by atoms with E-state index in [1.165, 1.54) is 11.1 Å². The number of benzene rings is 2. The lowest BCUT2D eigenvalue weighted by atomic mass is 10.00. The lowest BCUT2D eigenvalue weighted by Gasteiger charge is -2.28. The third-order valence-electron chi connectivity index (χ3n) is 5.38. The summed E-state index contributed by atoms with van der Waals surface area (Å²) < 4.78 is 5.58. The van der Waals surface area contributed by atoms with Crippen molar-refractivity contribution in [2.45, 2.75) is 25.8 Å². The Hall–Kier alpha value is -2.86. The molecule has 6 heteroatoms. The molecule has 2 aromatic carbocycles. The van der Waals surface area contributed by atoms with E-state index in [0.29, 0.717) is 18.0 Å². The molecule has 1 fully saturated rings. The van der Waals surface area contributed by atoms with E-state index in [0.717, 1.165) is 38.9 Å². The van der Waals surface area contributed by atoms with Gasteiger partial charge in [-0.25, -0.2) is 0 Å². The van der Waals surface area contributed by atoms with Crippen LogP contribution in [0.15, 0.2) is 48.5 Å². The topological polar surface area (TPSA) is 70.7 Å². The maximum absolute atomic E-state index is 12.1. The SMILES string of the molecule is O=C(COc1cccc(NC(=O)C2CC2)c1)NCCN1CCc2ccccc2C1. The number of hydrogen-bond donors (Lipinski definition) is 2. The van der Waals surface area contributed by atoms with Crippen LogP contribution in [0.5, 0.6) is 5.75 Å². The second-order valence-electron chi connectivity index (χ2n) is 7.72. The summed E-state index contributed by atoms with van der Waals surface area (Å²) >= 11 is 0. The van der Waals surface area contributed by atoms with Gasteiger partial charge in [0.05, 0.1) is 0 Å². The van der Waals surface area contributed by atoms with Crippen molar-refractivity contribution in [2.75, 3.05) is 31.6 Å². The van der Waals surface area contributed by atoms with Crippen molar-refractivity contribution in [1.29, 1.82) is 0 Å². The third kappa shape index (κ3) is 5.57. The Morgan fingerprint density at radius 2 is 1.90 bits per heavy atom. The van der Waals surface area contributed by atoms with Crippen LogP contribution in [0.25, 0.3) is 0 Å². The normalized spacial score (nSPS) is 16.0. The fraction of sp³-hybridized carbons (Fsp3) is 0.391. The summed E-state index contributed by atoms with van der Waals surface area (Å²) in [4.78, 5) is 26.3. The predicted molar refractivity (Wildman–Crippen MR) is 112 cm³/mol. The van der Waals surface area contributed by atoms with Gasteiger partial charge in [0.15, 0.2) is 6.61 Å². The Morgan fingerprint density at radius 1 is 1.07 bits per heavy atom. The highest BCUT2D eigenvalue weighted by Crippen LogP contribution is 2.30. The first-order chi connectivity index (χ1) is 14.2. The van der Waals surface area contributed by atoms with Crippen molar-refractivity contribution < 1.29 is 14.3 Å². The second-order valence-corrected chi connectivity index (χ2v) is 7.72. The van der Waals surface area contributed by atoms with Crippen LogP contribution in [-0.4, -0.2) is 43.0 Å². The van der Waals surface area contributed by atoms with E-state index < -0.39 is 0 Å². The van der Waals surface area contributed by atoms with Gasteiger partial charge in [-0.3, -0.25) is 14.5 Å². The minimum absolute atomic E-state index is 0.0388. The molecule has 2 N–H and O–H groups in total. The number of nitrogens with zero attached hydrogens (tertiary/aromatic N) is 1. The lowest BCUT2D eigenvalue weighted by molar-refractivity contribution is -0.123. The van der Waals surface area contributed by atoms with E-state index in [9.17, 15) is 9.59 Å². The van der Waals surface area contributed by atoms with Crippen molar-refractivity contribution >= 4 is 17.5 Å². The molecule has 1 aliphatic carbocycles. The molecule has 0 radical (unpaired) electrons. The van der Waals surface area contributed by atoms with E-state index in [1.54, 1.807) is 12.1 Å². The molecule has 0 aromatic heterocycles. The van der Waals surface area contributed by atoms with Gasteiger partial charge in [0.25, 0.3) is 5.91 Å². The number of rotatable bonds is 8. The molecule has 4 rings (SSSR count). The molecule has 0 spiro atoms. The number of carbonyl (C=O) groups is 2. The van der Waals surface area contributed by atoms with E-state index >= 15 is 0 Å². The van der Waals surface area contributed by atoms with Gasteiger partial charge in [0.1, 0.15) is 5.75 Å². The molecule has 2 aromatic rings. The van der Waals surface area contributed by atoms with Gasteiger partial charge in [-0.1, -0.05) is 30.3 Å². The molecule has 1 aliphatic heterocycles. The van der Waals surface area contributed by atoms with Crippen molar-refractivity contribution in [3.8, 4) is 5.75 Å². The fourth-order valence-electron chi connectivity index (χ4n) is 3.55. The summed E-state index contributed by atoms with van der Waals surface area (Å²) in [5, 5.41) is 5.80. The first-order valence-corrected chi connectivity index (χ1v) is 10.3. The minimum atomic E-state index is -0.144. The van der Waals surface area contributed by atoms with Crippen LogP contribution in [0.2, 0.25) is 0 Å². The Bertz CT molecular complexity index is 879. The third-order valence-corrected chi connectivity index (χ3v) is 5.38. The molecule has 2 aliphatic rings. The number of fused-ring (bicyclic) bond motifs is 1. The zero-order valence-electron chi connectivity index (χ0n) is 16.5. The molecule has 0 atom stereocenters. The molecule has 1 heterocycles. The maximum atomic E-state index is 12.1. The van der Waals surface area contributed by atoms with Crippen molar-refractivity contribution in [1.82, 2.24) is 10.2 Å². The molecule has 0 bridgehead atoms. The van der Waals surface area contributed by atoms with Crippen LogP contribution in [0.3, 0.4) is 0 Å². The summed E-state index contributed by atoms with van der Waals surface area (Å²) in [5.74, 6) is 0.634. The van der Waals surface area contributed by atoms with Crippen LogP contribution in [0.1, 0.15) is 24.0 Å². The molecule has 1 saturated carbocycles. The monoisotopic (exact) mass is 393 g/mol. The van der Waals surface area contributed by atoms with Gasteiger partial charge in [-0.15, -0.1) is 0 Å². The molecule has 29 heavy (non-hydrogen) atoms. The molecule has 0 unspecified atom stereocenters. The minimum Gasteiger partial charge on any atom is -0.484 e. The average molecular weight is 393 g/mol. The first kappa shape index (κ1) is 19.5. The Kier molecular flexibility index (Phi) is 6.10. The van der Waals surface area contributed by atoms with Crippen LogP contribution < -0.4 is 15.4 Å². The molecule has 152 valence electrons. The van der Waals surface area contributed by atoms with Gasteiger partial charge in [-0.2, -0.15) is 0 Å². The van der Waals surface area contributed by atoms with Gasteiger partial charge in [0, 0.05) is 43.9 Å². The summed E-state index contributed by atoms with van der Waals surface area (Å²) in [6.45, 7) is 3.33. The molecular formula is C23H27N3O3. The zero-order valence-corrected chi connectivity index (χ0v) is 16.5.